The number of Topliss-reactive ketones (excluding diaryl/α,β-unsaturated/α-hetero) is 1. The third-order valence-corrected chi connectivity index (χ3v) is 6.20. The van der Waals surface area contributed by atoms with Gasteiger partial charge in [0.2, 0.25) is 0 Å². The molecule has 1 unspecified atom stereocenters. The van der Waals surface area contributed by atoms with Crippen LogP contribution in [0.3, 0.4) is 0 Å². The van der Waals surface area contributed by atoms with Crippen LogP contribution in [0.5, 0.6) is 5.75 Å². The van der Waals surface area contributed by atoms with Gasteiger partial charge in [-0.1, -0.05) is 20.8 Å². The second kappa shape index (κ2) is 11.9. The second-order valence-corrected chi connectivity index (χ2v) is 10.9. The van der Waals surface area contributed by atoms with Crippen LogP contribution in [0.2, 0.25) is 0 Å². The number of benzene rings is 1. The zero-order valence-electron chi connectivity index (χ0n) is 22.4. The van der Waals surface area contributed by atoms with Gasteiger partial charge >= 0.3 is 11.9 Å². The van der Waals surface area contributed by atoms with Gasteiger partial charge < -0.3 is 18.9 Å². The SMILES string of the molecule is CC(C)C(C)C(=O)Oc1ccc(C(=O)COC(C)(C)C(C)(C)C(=O)OCCOC(C)(C)C)cc1. The number of hydrogen-bond donors (Lipinski definition) is 0. The molecule has 0 radical (unpaired) electrons. The highest BCUT2D eigenvalue weighted by atomic mass is 16.6. The van der Waals surface area contributed by atoms with Crippen molar-refractivity contribution in [2.24, 2.45) is 17.3 Å². The van der Waals surface area contributed by atoms with E-state index in [2.05, 4.69) is 0 Å². The quantitative estimate of drug-likeness (QED) is 0.175. The monoisotopic (exact) mass is 478 g/mol. The average Bonchev–Trinajstić information content (AvgIpc) is 2.73. The first-order valence-electron chi connectivity index (χ1n) is 11.8. The fraction of sp³-hybridized carbons (Fsp3) is 0.667. The highest BCUT2D eigenvalue weighted by Gasteiger charge is 2.46. The zero-order chi connectivity index (χ0) is 26.3. The van der Waals surface area contributed by atoms with Crippen LogP contribution in [0.15, 0.2) is 24.3 Å². The fourth-order valence-corrected chi connectivity index (χ4v) is 2.61. The summed E-state index contributed by atoms with van der Waals surface area (Å²) in [6, 6.07) is 6.36. The molecule has 0 aliphatic heterocycles. The Bertz CT molecular complexity index is 830. The molecule has 34 heavy (non-hydrogen) atoms. The summed E-state index contributed by atoms with van der Waals surface area (Å²) >= 11 is 0. The molecule has 7 heteroatoms. The molecule has 1 aromatic rings. The predicted octanol–water partition coefficient (Wildman–Crippen LogP) is 5.25. The Hall–Kier alpha value is -2.25. The molecule has 0 aliphatic carbocycles. The molecular weight excluding hydrogens is 436 g/mol. The smallest absolute Gasteiger partial charge is 0.314 e. The number of ether oxygens (including phenoxy) is 4. The average molecular weight is 479 g/mol. The minimum Gasteiger partial charge on any atom is -0.463 e. The van der Waals surface area contributed by atoms with Crippen LogP contribution in [0.25, 0.3) is 0 Å². The van der Waals surface area contributed by atoms with Crippen LogP contribution < -0.4 is 4.74 Å². The maximum absolute atomic E-state index is 12.7. The van der Waals surface area contributed by atoms with Gasteiger partial charge in [0.05, 0.1) is 29.1 Å². The molecule has 0 bridgehead atoms. The van der Waals surface area contributed by atoms with E-state index in [1.54, 1.807) is 52.0 Å². The van der Waals surface area contributed by atoms with Crippen LogP contribution in [-0.4, -0.2) is 48.7 Å². The normalized spacial score (nSPS) is 13.5. The van der Waals surface area contributed by atoms with Crippen molar-refractivity contribution in [1.29, 1.82) is 0 Å². The minimum absolute atomic E-state index is 0.140. The molecule has 0 aliphatic rings. The lowest BCUT2D eigenvalue weighted by molar-refractivity contribution is -0.175. The van der Waals surface area contributed by atoms with E-state index in [4.69, 9.17) is 18.9 Å². The first-order valence-corrected chi connectivity index (χ1v) is 11.8. The molecule has 1 aromatic carbocycles. The Morgan fingerprint density at radius 2 is 1.38 bits per heavy atom. The number of carbonyl (C=O) groups is 3. The standard InChI is InChI=1S/C27H42O7/c1-18(2)19(3)23(29)34-21-13-11-20(12-14-21)22(28)17-33-27(9,10)26(7,8)24(30)31-15-16-32-25(4,5)6/h11-14,18-19H,15-17H2,1-10H3. The van der Waals surface area contributed by atoms with E-state index in [0.717, 1.165) is 0 Å². The summed E-state index contributed by atoms with van der Waals surface area (Å²) in [6.45, 7) is 18.7. The van der Waals surface area contributed by atoms with Gasteiger partial charge in [-0.3, -0.25) is 14.4 Å². The molecule has 0 saturated heterocycles. The van der Waals surface area contributed by atoms with Crippen molar-refractivity contribution >= 4 is 17.7 Å². The Morgan fingerprint density at radius 3 is 1.88 bits per heavy atom. The van der Waals surface area contributed by atoms with E-state index < -0.39 is 17.0 Å². The highest BCUT2D eigenvalue weighted by molar-refractivity contribution is 5.97. The van der Waals surface area contributed by atoms with Gasteiger partial charge in [0, 0.05) is 5.56 Å². The Kier molecular flexibility index (Phi) is 10.5. The van der Waals surface area contributed by atoms with Crippen molar-refractivity contribution in [2.45, 2.75) is 80.4 Å². The number of hydrogen-bond acceptors (Lipinski definition) is 7. The Labute approximate surface area is 204 Å². The molecular formula is C27H42O7. The van der Waals surface area contributed by atoms with Crippen molar-refractivity contribution in [3.8, 4) is 5.75 Å². The summed E-state index contributed by atoms with van der Waals surface area (Å²) in [5, 5.41) is 0. The Balaban J connectivity index is 2.66. The molecule has 0 fully saturated rings. The van der Waals surface area contributed by atoms with Gasteiger partial charge in [-0.25, -0.2) is 0 Å². The van der Waals surface area contributed by atoms with Crippen LogP contribution in [0.4, 0.5) is 0 Å². The lowest BCUT2D eigenvalue weighted by Crippen LogP contribution is -2.49. The summed E-state index contributed by atoms with van der Waals surface area (Å²) in [5.74, 6) is -0.647. The first-order chi connectivity index (χ1) is 15.5. The largest absolute Gasteiger partial charge is 0.463 e. The summed E-state index contributed by atoms with van der Waals surface area (Å²) in [7, 11) is 0. The molecule has 0 spiro atoms. The summed E-state index contributed by atoms with van der Waals surface area (Å²) in [5.41, 5.74) is -1.85. The van der Waals surface area contributed by atoms with E-state index in [0.29, 0.717) is 17.9 Å². The fourth-order valence-electron chi connectivity index (χ4n) is 2.61. The molecule has 0 saturated carbocycles. The van der Waals surface area contributed by atoms with E-state index in [-0.39, 0.29) is 42.4 Å². The van der Waals surface area contributed by atoms with Gasteiger partial charge in [0.25, 0.3) is 0 Å². The van der Waals surface area contributed by atoms with Crippen molar-refractivity contribution < 1.29 is 33.3 Å². The van der Waals surface area contributed by atoms with Crippen LogP contribution in [-0.2, 0) is 23.8 Å². The predicted molar refractivity (Wildman–Crippen MR) is 131 cm³/mol. The zero-order valence-corrected chi connectivity index (χ0v) is 22.4. The van der Waals surface area contributed by atoms with Gasteiger partial charge in [-0.2, -0.15) is 0 Å². The maximum atomic E-state index is 12.7. The molecule has 1 rings (SSSR count). The summed E-state index contributed by atoms with van der Waals surface area (Å²) in [6.07, 6.45) is 0. The topological polar surface area (TPSA) is 88.1 Å². The van der Waals surface area contributed by atoms with Gasteiger partial charge in [0.1, 0.15) is 19.0 Å². The number of carbonyl (C=O) groups excluding carboxylic acids is 3. The molecule has 0 N–H and O–H groups in total. The Morgan fingerprint density at radius 1 is 0.824 bits per heavy atom. The molecule has 192 valence electrons. The highest BCUT2D eigenvalue weighted by Crippen LogP contribution is 2.35. The van der Waals surface area contributed by atoms with Crippen molar-refractivity contribution in [1.82, 2.24) is 0 Å². The molecule has 1 atom stereocenters. The molecule has 0 amide bonds. The van der Waals surface area contributed by atoms with Crippen LogP contribution >= 0.6 is 0 Å². The van der Waals surface area contributed by atoms with E-state index in [1.807, 2.05) is 41.5 Å². The van der Waals surface area contributed by atoms with E-state index in [9.17, 15) is 14.4 Å². The second-order valence-electron chi connectivity index (χ2n) is 10.9. The van der Waals surface area contributed by atoms with E-state index >= 15 is 0 Å². The summed E-state index contributed by atoms with van der Waals surface area (Å²) in [4.78, 5) is 37.4. The molecule has 0 aromatic heterocycles. The molecule has 0 heterocycles. The van der Waals surface area contributed by atoms with Crippen LogP contribution in [0, 0.1) is 17.3 Å². The minimum atomic E-state index is -1.000. The van der Waals surface area contributed by atoms with Crippen molar-refractivity contribution in [2.75, 3.05) is 19.8 Å². The van der Waals surface area contributed by atoms with E-state index in [1.165, 1.54) is 0 Å². The van der Waals surface area contributed by atoms with Gasteiger partial charge in [-0.15, -0.1) is 0 Å². The van der Waals surface area contributed by atoms with Gasteiger partial charge in [0.15, 0.2) is 5.78 Å². The maximum Gasteiger partial charge on any atom is 0.314 e. The first kappa shape index (κ1) is 29.8. The molecule has 7 nitrogen and oxygen atoms in total. The lowest BCUT2D eigenvalue weighted by Gasteiger charge is -2.39. The third kappa shape index (κ3) is 8.84. The van der Waals surface area contributed by atoms with Gasteiger partial charge in [-0.05, 0) is 78.6 Å². The summed E-state index contributed by atoms with van der Waals surface area (Å²) < 4.78 is 22.2. The number of esters is 2. The number of ketones is 1. The third-order valence-electron chi connectivity index (χ3n) is 6.20. The lowest BCUT2D eigenvalue weighted by atomic mass is 9.77. The van der Waals surface area contributed by atoms with Crippen molar-refractivity contribution in [3.63, 3.8) is 0 Å². The number of rotatable bonds is 12. The van der Waals surface area contributed by atoms with Crippen molar-refractivity contribution in [3.05, 3.63) is 29.8 Å². The van der Waals surface area contributed by atoms with Crippen LogP contribution in [0.1, 0.15) is 79.6 Å².